The summed E-state index contributed by atoms with van der Waals surface area (Å²) in [5.74, 6) is -0.263. The first-order valence-electron chi connectivity index (χ1n) is 9.29. The number of ether oxygens (including phenoxy) is 2. The van der Waals surface area contributed by atoms with Crippen LogP contribution in [0.1, 0.15) is 11.1 Å². The first-order valence-corrected chi connectivity index (χ1v) is 10.1. The Bertz CT molecular complexity index is 1330. The molecule has 0 spiro atoms. The van der Waals surface area contributed by atoms with Crippen LogP contribution >= 0.6 is 15.9 Å². The molecule has 0 N–H and O–H groups in total. The number of hydrogen-bond acceptors (Lipinski definition) is 8. The van der Waals surface area contributed by atoms with Crippen molar-refractivity contribution in [1.82, 2.24) is 0 Å². The summed E-state index contributed by atoms with van der Waals surface area (Å²) < 4.78 is 11.6. The highest BCUT2D eigenvalue weighted by Gasteiger charge is 2.24. The van der Waals surface area contributed by atoms with Gasteiger partial charge in [0, 0.05) is 16.1 Å². The zero-order chi connectivity index (χ0) is 23.5. The number of esters is 1. The van der Waals surface area contributed by atoms with E-state index in [1.165, 1.54) is 24.3 Å². The van der Waals surface area contributed by atoms with E-state index in [1.807, 2.05) is 0 Å². The molecule has 0 unspecified atom stereocenters. The summed E-state index contributed by atoms with van der Waals surface area (Å²) in [5, 5.41) is 22.1. The fourth-order valence-corrected chi connectivity index (χ4v) is 3.15. The summed E-state index contributed by atoms with van der Waals surface area (Å²) in [6.07, 6.45) is 1.53. The summed E-state index contributed by atoms with van der Waals surface area (Å²) in [5.41, 5.74) is 0.450. The number of halogens is 1. The maximum Gasteiger partial charge on any atom is 0.363 e. The number of carbonyl (C=O) groups excluding carboxylic acids is 1. The van der Waals surface area contributed by atoms with E-state index in [9.17, 15) is 25.0 Å². The number of nitro groups is 2. The Morgan fingerprint density at radius 3 is 2.27 bits per heavy atom. The predicted molar refractivity (Wildman–Crippen MR) is 121 cm³/mol. The molecule has 3 aromatic carbocycles. The number of aliphatic imine (C=N–C) groups is 1. The molecule has 1 aliphatic heterocycles. The van der Waals surface area contributed by atoms with E-state index in [-0.39, 0.29) is 23.1 Å². The van der Waals surface area contributed by atoms with Crippen LogP contribution in [0.3, 0.4) is 0 Å². The van der Waals surface area contributed by atoms with Gasteiger partial charge in [-0.05, 0) is 54.1 Å². The Kier molecular flexibility index (Phi) is 5.96. The zero-order valence-corrected chi connectivity index (χ0v) is 18.1. The van der Waals surface area contributed by atoms with Gasteiger partial charge in [-0.1, -0.05) is 28.1 Å². The highest BCUT2D eigenvalue weighted by atomic mass is 79.9. The highest BCUT2D eigenvalue weighted by Crippen LogP contribution is 2.34. The molecule has 0 aromatic heterocycles. The van der Waals surface area contributed by atoms with Crippen molar-refractivity contribution in [3.8, 4) is 11.5 Å². The van der Waals surface area contributed by atoms with Crippen molar-refractivity contribution in [2.24, 2.45) is 4.99 Å². The van der Waals surface area contributed by atoms with Crippen molar-refractivity contribution in [2.45, 2.75) is 0 Å². The van der Waals surface area contributed by atoms with Crippen LogP contribution in [0.4, 0.5) is 11.4 Å². The monoisotopic (exact) mass is 509 g/mol. The molecule has 164 valence electrons. The number of benzene rings is 3. The van der Waals surface area contributed by atoms with E-state index in [4.69, 9.17) is 9.47 Å². The second-order valence-corrected chi connectivity index (χ2v) is 7.60. The van der Waals surface area contributed by atoms with Gasteiger partial charge in [0.15, 0.2) is 5.70 Å². The molecule has 0 saturated heterocycles. The van der Waals surface area contributed by atoms with Gasteiger partial charge in [-0.2, -0.15) is 0 Å². The topological polar surface area (TPSA) is 134 Å². The number of non-ortho nitro benzene ring substituents is 1. The van der Waals surface area contributed by atoms with Gasteiger partial charge in [0.2, 0.25) is 11.6 Å². The van der Waals surface area contributed by atoms with E-state index in [0.717, 1.165) is 16.6 Å². The quantitative estimate of drug-likeness (QED) is 0.188. The Morgan fingerprint density at radius 1 is 0.939 bits per heavy atom. The van der Waals surface area contributed by atoms with Crippen LogP contribution in [0, 0.1) is 20.2 Å². The Labute approximate surface area is 194 Å². The molecule has 4 rings (SSSR count). The molecule has 0 amide bonds. The molecular formula is C22H12BrN3O7. The fourth-order valence-electron chi connectivity index (χ4n) is 2.89. The van der Waals surface area contributed by atoms with E-state index >= 15 is 0 Å². The normalized spacial score (nSPS) is 14.0. The van der Waals surface area contributed by atoms with Crippen LogP contribution in [-0.4, -0.2) is 21.7 Å². The molecule has 0 bridgehead atoms. The lowest BCUT2D eigenvalue weighted by atomic mass is 10.2. The standard InChI is InChI=1S/C22H12BrN3O7/c23-15-5-3-14(4-6-15)21-24-18(22(27)33-21)11-13-1-8-17(9-2-13)32-20-10-7-16(25(28)29)12-19(20)26(30)31/h1-12H/b18-11-. The van der Waals surface area contributed by atoms with Crippen molar-refractivity contribution >= 4 is 45.2 Å². The zero-order valence-electron chi connectivity index (χ0n) is 16.5. The third-order valence-corrected chi connectivity index (χ3v) is 5.00. The molecule has 1 aliphatic rings. The Morgan fingerprint density at radius 2 is 1.64 bits per heavy atom. The van der Waals surface area contributed by atoms with Crippen molar-refractivity contribution in [3.05, 3.63) is 108 Å². The minimum absolute atomic E-state index is 0.118. The van der Waals surface area contributed by atoms with Gasteiger partial charge in [0.1, 0.15) is 5.75 Å². The van der Waals surface area contributed by atoms with Crippen LogP contribution < -0.4 is 4.74 Å². The van der Waals surface area contributed by atoms with Crippen molar-refractivity contribution in [3.63, 3.8) is 0 Å². The van der Waals surface area contributed by atoms with E-state index in [0.29, 0.717) is 11.1 Å². The second-order valence-electron chi connectivity index (χ2n) is 6.68. The summed E-state index contributed by atoms with van der Waals surface area (Å²) in [6, 6.07) is 16.6. The third kappa shape index (κ3) is 4.93. The first-order chi connectivity index (χ1) is 15.8. The molecule has 11 heteroatoms. The van der Waals surface area contributed by atoms with Gasteiger partial charge in [0.25, 0.3) is 5.69 Å². The van der Waals surface area contributed by atoms with Crippen LogP contribution in [-0.2, 0) is 9.53 Å². The minimum atomic E-state index is -0.756. The van der Waals surface area contributed by atoms with E-state index in [1.54, 1.807) is 36.4 Å². The third-order valence-electron chi connectivity index (χ3n) is 4.47. The van der Waals surface area contributed by atoms with E-state index < -0.39 is 27.2 Å². The number of nitrogens with zero attached hydrogens (tertiary/aromatic N) is 3. The van der Waals surface area contributed by atoms with Gasteiger partial charge in [0.05, 0.1) is 15.9 Å². The number of carbonyl (C=O) groups is 1. The molecule has 0 fully saturated rings. The maximum absolute atomic E-state index is 12.2. The van der Waals surface area contributed by atoms with Crippen molar-refractivity contribution in [2.75, 3.05) is 0 Å². The Hall–Kier alpha value is -4.38. The van der Waals surface area contributed by atoms with Gasteiger partial charge in [-0.3, -0.25) is 20.2 Å². The minimum Gasteiger partial charge on any atom is -0.450 e. The molecule has 1 heterocycles. The van der Waals surface area contributed by atoms with Crippen molar-refractivity contribution < 1.29 is 24.1 Å². The SMILES string of the molecule is O=C1OC(c2ccc(Br)cc2)=N/C1=C\c1ccc(Oc2ccc([N+](=O)[O-])cc2[N+](=O)[O-])cc1. The van der Waals surface area contributed by atoms with E-state index in [2.05, 4.69) is 20.9 Å². The number of hydrogen-bond donors (Lipinski definition) is 0. The molecule has 0 saturated carbocycles. The largest absolute Gasteiger partial charge is 0.450 e. The average molecular weight is 510 g/mol. The number of rotatable bonds is 6. The van der Waals surface area contributed by atoms with Crippen LogP contribution in [0.2, 0.25) is 0 Å². The smallest absolute Gasteiger partial charge is 0.363 e. The summed E-state index contributed by atoms with van der Waals surface area (Å²) in [4.78, 5) is 37.0. The number of cyclic esters (lactones) is 1. The molecule has 33 heavy (non-hydrogen) atoms. The average Bonchev–Trinajstić information content (AvgIpc) is 3.15. The number of nitro benzene ring substituents is 2. The van der Waals surface area contributed by atoms with Gasteiger partial charge >= 0.3 is 11.7 Å². The summed E-state index contributed by atoms with van der Waals surface area (Å²) in [6.45, 7) is 0. The molecule has 10 nitrogen and oxygen atoms in total. The van der Waals surface area contributed by atoms with Gasteiger partial charge in [-0.15, -0.1) is 0 Å². The highest BCUT2D eigenvalue weighted by molar-refractivity contribution is 9.10. The first kappa shape index (κ1) is 21.8. The summed E-state index contributed by atoms with van der Waals surface area (Å²) >= 11 is 3.34. The van der Waals surface area contributed by atoms with Crippen LogP contribution in [0.25, 0.3) is 6.08 Å². The second kappa shape index (κ2) is 9.01. The molecule has 0 aliphatic carbocycles. The fraction of sp³-hybridized carbons (Fsp3) is 0. The lowest BCUT2D eigenvalue weighted by Crippen LogP contribution is -2.05. The van der Waals surface area contributed by atoms with Crippen molar-refractivity contribution in [1.29, 1.82) is 0 Å². The maximum atomic E-state index is 12.2. The predicted octanol–water partition coefficient (Wildman–Crippen LogP) is 5.40. The molecule has 0 radical (unpaired) electrons. The Balaban J connectivity index is 1.54. The summed E-state index contributed by atoms with van der Waals surface area (Å²) in [7, 11) is 0. The van der Waals surface area contributed by atoms with Gasteiger partial charge in [-0.25, -0.2) is 9.79 Å². The van der Waals surface area contributed by atoms with Gasteiger partial charge < -0.3 is 9.47 Å². The van der Waals surface area contributed by atoms with Crippen LogP contribution in [0.15, 0.2) is 81.9 Å². The molecule has 0 atom stereocenters. The molecule has 3 aromatic rings. The molecular weight excluding hydrogens is 498 g/mol. The lowest BCUT2D eigenvalue weighted by molar-refractivity contribution is -0.394. The lowest BCUT2D eigenvalue weighted by Gasteiger charge is -2.06. The van der Waals surface area contributed by atoms with Crippen LogP contribution in [0.5, 0.6) is 11.5 Å².